The molecule has 7 nitrogen and oxygen atoms in total. The zero-order valence-electron chi connectivity index (χ0n) is 23.6. The van der Waals surface area contributed by atoms with Crippen molar-refractivity contribution in [3.63, 3.8) is 0 Å². The molecule has 0 bridgehead atoms. The van der Waals surface area contributed by atoms with Crippen LogP contribution in [0.3, 0.4) is 0 Å². The maximum Gasteiger partial charge on any atom is 0.262 e. The standard InChI is InChI=1S/C31H46N2O5/c1-6-9-11-13-21(8-3)24-25(30(37)33-29(24)36)27(34)23-19(4)14-15-31(38)18-22(17-20(5)26(23)31)28(35)32-16-12-10-7-2/h8,14-15,19-23,26,38H,3,6-7,9-13,16-18H2,1-2,4-5H3,(H,32,35)(H,33,36,37). The molecule has 7 atom stereocenters. The number of aliphatic hydroxyl groups is 1. The molecule has 1 heterocycles. The summed E-state index contributed by atoms with van der Waals surface area (Å²) in [6.45, 7) is 12.6. The highest BCUT2D eigenvalue weighted by Crippen LogP contribution is 2.51. The van der Waals surface area contributed by atoms with Gasteiger partial charge in [-0.1, -0.05) is 78.0 Å². The topological polar surface area (TPSA) is 113 Å². The van der Waals surface area contributed by atoms with E-state index in [1.54, 1.807) is 12.2 Å². The van der Waals surface area contributed by atoms with E-state index < -0.39 is 29.3 Å². The van der Waals surface area contributed by atoms with Crippen LogP contribution in [0.5, 0.6) is 0 Å². The average molecular weight is 527 g/mol. The largest absolute Gasteiger partial charge is 0.385 e. The molecule has 0 aromatic heterocycles. The highest BCUT2D eigenvalue weighted by Gasteiger charge is 2.55. The fourth-order valence-electron chi connectivity index (χ4n) is 6.87. The van der Waals surface area contributed by atoms with Gasteiger partial charge in [0.1, 0.15) is 0 Å². The molecule has 0 radical (unpaired) electrons. The van der Waals surface area contributed by atoms with Crippen molar-refractivity contribution in [2.24, 2.45) is 35.5 Å². The van der Waals surface area contributed by atoms with Gasteiger partial charge < -0.3 is 10.4 Å². The van der Waals surface area contributed by atoms with E-state index in [1.165, 1.54) is 0 Å². The lowest BCUT2D eigenvalue weighted by molar-refractivity contribution is -0.144. The van der Waals surface area contributed by atoms with Crippen molar-refractivity contribution in [3.8, 4) is 0 Å². The van der Waals surface area contributed by atoms with E-state index in [0.717, 1.165) is 38.5 Å². The van der Waals surface area contributed by atoms with Gasteiger partial charge in [-0.25, -0.2) is 0 Å². The molecule has 1 fully saturated rings. The number of nitrogens with one attached hydrogen (secondary N) is 2. The van der Waals surface area contributed by atoms with Crippen molar-refractivity contribution in [1.82, 2.24) is 10.6 Å². The number of unbranched alkanes of at least 4 members (excludes halogenated alkanes) is 4. The van der Waals surface area contributed by atoms with Crippen LogP contribution in [-0.4, -0.2) is 40.8 Å². The molecule has 210 valence electrons. The van der Waals surface area contributed by atoms with E-state index in [0.29, 0.717) is 19.4 Å². The number of amides is 3. The molecule has 7 unspecified atom stereocenters. The number of Topliss-reactive ketones (excluding diaryl/α,β-unsaturated/α-hetero) is 1. The number of ketones is 1. The smallest absolute Gasteiger partial charge is 0.262 e. The van der Waals surface area contributed by atoms with Gasteiger partial charge in [-0.05, 0) is 37.5 Å². The summed E-state index contributed by atoms with van der Waals surface area (Å²) >= 11 is 0. The van der Waals surface area contributed by atoms with Crippen LogP contribution in [0, 0.1) is 35.5 Å². The van der Waals surface area contributed by atoms with Crippen LogP contribution in [-0.2, 0) is 19.2 Å². The molecular formula is C31H46N2O5. The molecule has 1 saturated carbocycles. The fraction of sp³-hybridized carbons (Fsp3) is 0.677. The number of allylic oxidation sites excluding steroid dienone is 2. The quantitative estimate of drug-likeness (QED) is 0.142. The minimum absolute atomic E-state index is 0.0543. The number of imide groups is 1. The molecule has 0 aromatic rings. The highest BCUT2D eigenvalue weighted by atomic mass is 16.3. The molecule has 2 aliphatic carbocycles. The Labute approximate surface area is 227 Å². The summed E-state index contributed by atoms with van der Waals surface area (Å²) < 4.78 is 0. The Bertz CT molecular complexity index is 998. The first-order valence-electron chi connectivity index (χ1n) is 14.6. The Morgan fingerprint density at radius 1 is 1.16 bits per heavy atom. The monoisotopic (exact) mass is 526 g/mol. The van der Waals surface area contributed by atoms with Crippen molar-refractivity contribution < 1.29 is 24.3 Å². The summed E-state index contributed by atoms with van der Waals surface area (Å²) in [5.41, 5.74) is -1.20. The van der Waals surface area contributed by atoms with Crippen LogP contribution >= 0.6 is 0 Å². The van der Waals surface area contributed by atoms with Crippen molar-refractivity contribution in [2.75, 3.05) is 6.54 Å². The zero-order chi connectivity index (χ0) is 28.0. The van der Waals surface area contributed by atoms with Crippen molar-refractivity contribution >= 4 is 23.5 Å². The van der Waals surface area contributed by atoms with Gasteiger partial charge in [0, 0.05) is 35.8 Å². The van der Waals surface area contributed by atoms with E-state index in [4.69, 9.17) is 0 Å². The Morgan fingerprint density at radius 2 is 1.84 bits per heavy atom. The lowest BCUT2D eigenvalue weighted by Gasteiger charge is -2.51. The van der Waals surface area contributed by atoms with E-state index in [2.05, 4.69) is 31.1 Å². The van der Waals surface area contributed by atoms with Gasteiger partial charge in [-0.3, -0.25) is 24.5 Å². The number of rotatable bonds is 13. The summed E-state index contributed by atoms with van der Waals surface area (Å²) in [6.07, 6.45) is 12.6. The van der Waals surface area contributed by atoms with Gasteiger partial charge >= 0.3 is 0 Å². The fourth-order valence-corrected chi connectivity index (χ4v) is 6.87. The predicted molar refractivity (Wildman–Crippen MR) is 148 cm³/mol. The Hall–Kier alpha value is -2.54. The third-order valence-electron chi connectivity index (χ3n) is 8.80. The van der Waals surface area contributed by atoms with E-state index in [1.807, 2.05) is 19.9 Å². The van der Waals surface area contributed by atoms with E-state index in [-0.39, 0.29) is 52.9 Å². The molecule has 3 amide bonds. The van der Waals surface area contributed by atoms with Crippen LogP contribution in [0.4, 0.5) is 0 Å². The Balaban J connectivity index is 1.89. The molecule has 0 spiro atoms. The van der Waals surface area contributed by atoms with Gasteiger partial charge in [0.05, 0.1) is 11.2 Å². The first-order valence-corrected chi connectivity index (χ1v) is 14.6. The second-order valence-corrected chi connectivity index (χ2v) is 11.6. The number of carbonyl (C=O) groups is 4. The molecule has 3 rings (SSSR count). The molecule has 3 N–H and O–H groups in total. The second kappa shape index (κ2) is 13.0. The minimum atomic E-state index is -1.34. The summed E-state index contributed by atoms with van der Waals surface area (Å²) in [6, 6.07) is 0. The van der Waals surface area contributed by atoms with Crippen LogP contribution in [0.15, 0.2) is 36.0 Å². The Kier molecular flexibility index (Phi) is 10.3. The maximum atomic E-state index is 14.2. The zero-order valence-corrected chi connectivity index (χ0v) is 23.6. The summed E-state index contributed by atoms with van der Waals surface area (Å²) in [5, 5.41) is 17.2. The molecular weight excluding hydrogens is 480 g/mol. The normalized spacial score (nSPS) is 31.6. The molecule has 1 aliphatic heterocycles. The third-order valence-corrected chi connectivity index (χ3v) is 8.80. The first-order chi connectivity index (χ1) is 18.1. The minimum Gasteiger partial charge on any atom is -0.385 e. The molecule has 7 heteroatoms. The predicted octanol–water partition coefficient (Wildman–Crippen LogP) is 4.41. The van der Waals surface area contributed by atoms with Gasteiger partial charge in [0.2, 0.25) is 5.91 Å². The van der Waals surface area contributed by atoms with Crippen LogP contribution < -0.4 is 10.6 Å². The van der Waals surface area contributed by atoms with Crippen LogP contribution in [0.1, 0.15) is 85.5 Å². The lowest BCUT2D eigenvalue weighted by Crippen LogP contribution is -2.56. The highest BCUT2D eigenvalue weighted by molar-refractivity contribution is 6.33. The first kappa shape index (κ1) is 30.0. The van der Waals surface area contributed by atoms with Crippen molar-refractivity contribution in [1.29, 1.82) is 0 Å². The van der Waals surface area contributed by atoms with Gasteiger partial charge in [0.15, 0.2) is 5.78 Å². The summed E-state index contributed by atoms with van der Waals surface area (Å²) in [5.74, 6) is -3.85. The summed E-state index contributed by atoms with van der Waals surface area (Å²) in [4.78, 5) is 52.9. The van der Waals surface area contributed by atoms with E-state index in [9.17, 15) is 24.3 Å². The Morgan fingerprint density at radius 3 is 2.50 bits per heavy atom. The van der Waals surface area contributed by atoms with Gasteiger partial charge in [0.25, 0.3) is 11.8 Å². The summed E-state index contributed by atoms with van der Waals surface area (Å²) in [7, 11) is 0. The number of fused-ring (bicyclic) bond motifs is 1. The molecule has 3 aliphatic rings. The van der Waals surface area contributed by atoms with Crippen LogP contribution in [0.2, 0.25) is 0 Å². The SMILES string of the molecule is C=CC(CCCCC)C1=C(C(=O)C2C(C)C=CC3(O)CC(C(=O)NCCCCC)CC(C)C23)C(=O)NC1=O. The number of carbonyl (C=O) groups excluding carboxylic acids is 4. The second-order valence-electron chi connectivity index (χ2n) is 11.6. The maximum absolute atomic E-state index is 14.2. The molecule has 0 saturated heterocycles. The lowest BCUT2D eigenvalue weighted by atomic mass is 9.55. The van der Waals surface area contributed by atoms with E-state index >= 15 is 0 Å². The average Bonchev–Trinajstić information content (AvgIpc) is 3.17. The molecule has 38 heavy (non-hydrogen) atoms. The van der Waals surface area contributed by atoms with Crippen molar-refractivity contribution in [3.05, 3.63) is 36.0 Å². The van der Waals surface area contributed by atoms with Gasteiger partial charge in [-0.2, -0.15) is 0 Å². The van der Waals surface area contributed by atoms with Gasteiger partial charge in [-0.15, -0.1) is 6.58 Å². The third kappa shape index (κ3) is 6.19. The van der Waals surface area contributed by atoms with Crippen molar-refractivity contribution in [2.45, 2.75) is 91.1 Å². The number of hydrogen-bond donors (Lipinski definition) is 3. The van der Waals surface area contributed by atoms with Crippen LogP contribution in [0.25, 0.3) is 0 Å². The molecule has 0 aromatic carbocycles. The number of hydrogen-bond acceptors (Lipinski definition) is 5.